The molecular formula is C17H26F3N5O3. The molecule has 8 nitrogen and oxygen atoms in total. The first kappa shape index (κ1) is 23.3. The molecule has 0 spiro atoms. The number of carbonyl (C=O) groups is 2. The molecule has 0 radical (unpaired) electrons. The Labute approximate surface area is 161 Å². The lowest BCUT2D eigenvalue weighted by atomic mass is 9.89. The van der Waals surface area contributed by atoms with Crippen molar-refractivity contribution in [2.75, 3.05) is 13.6 Å². The zero-order chi connectivity index (χ0) is 21.8. The first-order chi connectivity index (χ1) is 12.8. The zero-order valence-electron chi connectivity index (χ0n) is 16.5. The molecule has 0 aliphatic rings. The van der Waals surface area contributed by atoms with Gasteiger partial charge in [0.15, 0.2) is 11.4 Å². The van der Waals surface area contributed by atoms with Crippen LogP contribution in [0.1, 0.15) is 32.0 Å². The number of nitrogens with zero attached hydrogens (tertiary/aromatic N) is 2. The van der Waals surface area contributed by atoms with Crippen LogP contribution >= 0.6 is 0 Å². The summed E-state index contributed by atoms with van der Waals surface area (Å²) in [6, 6.07) is 0. The van der Waals surface area contributed by atoms with Gasteiger partial charge in [0, 0.05) is 18.3 Å². The van der Waals surface area contributed by atoms with Crippen LogP contribution < -0.4 is 16.0 Å². The van der Waals surface area contributed by atoms with Crippen molar-refractivity contribution in [1.29, 1.82) is 0 Å². The Bertz CT molecular complexity index is 725. The standard InChI is InChI=1S/C17H26F3N5O3/c1-11-13(7-24-25(11)9-17(18,19)20)16(23-10-26,14(27)21-6)8-22-12(2)28-15(3,4)5/h7,10,22H,2,8-9H2,1,3-6H3,(H,21,27)(H,23,26). The molecule has 0 fully saturated rings. The van der Waals surface area contributed by atoms with Crippen LogP contribution in [0.5, 0.6) is 0 Å². The van der Waals surface area contributed by atoms with Gasteiger partial charge in [-0.25, -0.2) is 0 Å². The lowest BCUT2D eigenvalue weighted by molar-refractivity contribution is -0.143. The maximum absolute atomic E-state index is 12.8. The second kappa shape index (κ2) is 8.53. The van der Waals surface area contributed by atoms with E-state index in [2.05, 4.69) is 27.6 Å². The third kappa shape index (κ3) is 5.89. The fourth-order valence-electron chi connectivity index (χ4n) is 2.64. The lowest BCUT2D eigenvalue weighted by Crippen LogP contribution is -2.59. The van der Waals surface area contributed by atoms with E-state index in [0.717, 1.165) is 10.9 Å². The average Bonchev–Trinajstić information content (AvgIpc) is 2.88. The molecule has 28 heavy (non-hydrogen) atoms. The van der Waals surface area contributed by atoms with E-state index in [0.29, 0.717) is 6.41 Å². The summed E-state index contributed by atoms with van der Waals surface area (Å²) in [4.78, 5) is 23.9. The summed E-state index contributed by atoms with van der Waals surface area (Å²) < 4.78 is 44.5. The number of nitrogens with one attached hydrogen (secondary N) is 3. The number of ether oxygens (including phenoxy) is 1. The molecule has 0 aliphatic heterocycles. The topological polar surface area (TPSA) is 97.3 Å². The first-order valence-electron chi connectivity index (χ1n) is 8.40. The number of hydrogen-bond donors (Lipinski definition) is 3. The summed E-state index contributed by atoms with van der Waals surface area (Å²) in [6.07, 6.45) is -3.07. The molecule has 1 unspecified atom stereocenters. The minimum atomic E-state index is -4.49. The van der Waals surface area contributed by atoms with Gasteiger partial charge in [0.2, 0.25) is 6.41 Å². The molecule has 3 N–H and O–H groups in total. The van der Waals surface area contributed by atoms with Gasteiger partial charge in [0.05, 0.1) is 12.7 Å². The molecule has 1 aromatic heterocycles. The number of amides is 2. The molecule has 11 heteroatoms. The highest BCUT2D eigenvalue weighted by atomic mass is 19.4. The Balaban J connectivity index is 3.31. The fourth-order valence-corrected chi connectivity index (χ4v) is 2.64. The summed E-state index contributed by atoms with van der Waals surface area (Å²) in [5.41, 5.74) is -2.10. The highest BCUT2D eigenvalue weighted by Gasteiger charge is 2.43. The van der Waals surface area contributed by atoms with Crippen LogP contribution in [-0.4, -0.2) is 47.5 Å². The van der Waals surface area contributed by atoms with E-state index in [1.54, 1.807) is 20.8 Å². The highest BCUT2D eigenvalue weighted by Crippen LogP contribution is 2.27. The van der Waals surface area contributed by atoms with Crippen LogP contribution in [0.15, 0.2) is 18.7 Å². The SMILES string of the molecule is C=C(NCC(NC=O)(C(=O)NC)c1cnn(CC(F)(F)F)c1C)OC(C)(C)C. The van der Waals surface area contributed by atoms with Crippen molar-refractivity contribution in [3.63, 3.8) is 0 Å². The Kier molecular flexibility index (Phi) is 7.10. The van der Waals surface area contributed by atoms with E-state index in [4.69, 9.17) is 4.74 Å². The molecule has 0 saturated carbocycles. The zero-order valence-corrected chi connectivity index (χ0v) is 16.5. The second-order valence-corrected chi connectivity index (χ2v) is 7.15. The van der Waals surface area contributed by atoms with E-state index < -0.39 is 29.8 Å². The van der Waals surface area contributed by atoms with E-state index >= 15 is 0 Å². The van der Waals surface area contributed by atoms with E-state index in [-0.39, 0.29) is 23.7 Å². The molecule has 1 rings (SSSR count). The maximum Gasteiger partial charge on any atom is 0.408 e. The quantitative estimate of drug-likeness (QED) is 0.425. The van der Waals surface area contributed by atoms with Crippen LogP contribution in [0.4, 0.5) is 13.2 Å². The van der Waals surface area contributed by atoms with Crippen molar-refractivity contribution >= 4 is 12.3 Å². The summed E-state index contributed by atoms with van der Waals surface area (Å²) in [5, 5.41) is 11.4. The van der Waals surface area contributed by atoms with Crippen LogP contribution in [0.2, 0.25) is 0 Å². The van der Waals surface area contributed by atoms with Gasteiger partial charge in [-0.1, -0.05) is 0 Å². The molecule has 158 valence electrons. The van der Waals surface area contributed by atoms with Crippen molar-refractivity contribution in [2.24, 2.45) is 0 Å². The average molecular weight is 405 g/mol. The fraction of sp³-hybridized carbons (Fsp3) is 0.588. The van der Waals surface area contributed by atoms with Gasteiger partial charge < -0.3 is 20.7 Å². The Morgan fingerprint density at radius 1 is 1.36 bits per heavy atom. The Morgan fingerprint density at radius 3 is 2.43 bits per heavy atom. The molecule has 1 atom stereocenters. The minimum Gasteiger partial charge on any atom is -0.474 e. The van der Waals surface area contributed by atoms with Crippen molar-refractivity contribution < 1.29 is 27.5 Å². The number of likely N-dealkylation sites (N-methyl/N-ethyl adjacent to an activating group) is 1. The summed E-state index contributed by atoms with van der Waals surface area (Å²) >= 11 is 0. The van der Waals surface area contributed by atoms with E-state index in [1.807, 2.05) is 0 Å². The molecule has 0 aromatic carbocycles. The maximum atomic E-state index is 12.8. The smallest absolute Gasteiger partial charge is 0.408 e. The van der Waals surface area contributed by atoms with E-state index in [9.17, 15) is 22.8 Å². The number of aromatic nitrogens is 2. The van der Waals surface area contributed by atoms with Gasteiger partial charge >= 0.3 is 6.18 Å². The van der Waals surface area contributed by atoms with Gasteiger partial charge in [-0.2, -0.15) is 18.3 Å². The number of hydrogen-bond acceptors (Lipinski definition) is 5. The monoisotopic (exact) mass is 405 g/mol. The summed E-state index contributed by atoms with van der Waals surface area (Å²) in [5.74, 6) is -0.515. The van der Waals surface area contributed by atoms with Crippen LogP contribution in [0, 0.1) is 6.92 Å². The third-order valence-electron chi connectivity index (χ3n) is 3.79. The molecule has 0 bridgehead atoms. The van der Waals surface area contributed by atoms with Crippen LogP contribution in [0.25, 0.3) is 0 Å². The van der Waals surface area contributed by atoms with Gasteiger partial charge in [-0.05, 0) is 34.3 Å². The molecule has 1 aromatic rings. The number of rotatable bonds is 9. The van der Waals surface area contributed by atoms with Crippen molar-refractivity contribution in [3.05, 3.63) is 29.9 Å². The molecule has 0 saturated heterocycles. The Hall–Kier alpha value is -2.72. The van der Waals surface area contributed by atoms with Crippen molar-refractivity contribution in [2.45, 2.75) is 51.6 Å². The lowest BCUT2D eigenvalue weighted by Gasteiger charge is -2.33. The number of halogens is 3. The number of alkyl halides is 3. The van der Waals surface area contributed by atoms with Gasteiger partial charge in [-0.15, -0.1) is 0 Å². The second-order valence-electron chi connectivity index (χ2n) is 7.15. The van der Waals surface area contributed by atoms with Crippen molar-refractivity contribution in [1.82, 2.24) is 25.7 Å². The molecule has 0 aliphatic carbocycles. The third-order valence-corrected chi connectivity index (χ3v) is 3.79. The summed E-state index contributed by atoms with van der Waals surface area (Å²) in [7, 11) is 1.35. The largest absolute Gasteiger partial charge is 0.474 e. The van der Waals surface area contributed by atoms with Crippen LogP contribution in [-0.2, 0) is 26.4 Å². The van der Waals surface area contributed by atoms with E-state index in [1.165, 1.54) is 14.0 Å². The molecule has 2 amide bonds. The predicted molar refractivity (Wildman–Crippen MR) is 95.9 cm³/mol. The van der Waals surface area contributed by atoms with Crippen molar-refractivity contribution in [3.8, 4) is 0 Å². The first-order valence-corrected chi connectivity index (χ1v) is 8.40. The van der Waals surface area contributed by atoms with Gasteiger partial charge in [0.1, 0.15) is 12.1 Å². The minimum absolute atomic E-state index is 0.0828. The molecule has 1 heterocycles. The normalized spacial score (nSPS) is 14.0. The predicted octanol–water partition coefficient (Wildman–Crippen LogP) is 1.32. The van der Waals surface area contributed by atoms with Gasteiger partial charge in [-0.3, -0.25) is 14.3 Å². The Morgan fingerprint density at radius 2 is 1.96 bits per heavy atom. The summed E-state index contributed by atoms with van der Waals surface area (Å²) in [6.45, 7) is 8.93. The number of carbonyl (C=O) groups excluding carboxylic acids is 2. The molecular weight excluding hydrogens is 379 g/mol. The van der Waals surface area contributed by atoms with Crippen LogP contribution in [0.3, 0.4) is 0 Å². The highest BCUT2D eigenvalue weighted by molar-refractivity contribution is 5.90. The van der Waals surface area contributed by atoms with Gasteiger partial charge in [0.25, 0.3) is 5.91 Å².